The van der Waals surface area contributed by atoms with Gasteiger partial charge in [-0.05, 0) is 46.3 Å². The van der Waals surface area contributed by atoms with Crippen molar-refractivity contribution < 1.29 is 5.11 Å². The minimum absolute atomic E-state index is 0.489. The molecule has 3 nitrogen and oxygen atoms in total. The lowest BCUT2D eigenvalue weighted by molar-refractivity contribution is 0.176. The smallest absolute Gasteiger partial charge is 0.0854 e. The Hall–Kier alpha value is -0.360. The average Bonchev–Trinajstić information content (AvgIpc) is 2.95. The Labute approximate surface area is 130 Å². The molecule has 0 fully saturated rings. The lowest BCUT2D eigenvalue weighted by Crippen LogP contribution is -2.08. The van der Waals surface area contributed by atoms with Crippen LogP contribution in [-0.2, 0) is 19.4 Å². The summed E-state index contributed by atoms with van der Waals surface area (Å²) < 4.78 is 2.90. The van der Waals surface area contributed by atoms with Crippen LogP contribution >= 0.6 is 38.9 Å². The van der Waals surface area contributed by atoms with Crippen LogP contribution in [0.1, 0.15) is 36.9 Å². The lowest BCUT2D eigenvalue weighted by Gasteiger charge is -2.10. The quantitative estimate of drug-likeness (QED) is 0.863. The predicted octanol–water partition coefficient (Wildman–Crippen LogP) is 4.22. The molecule has 0 aliphatic heterocycles. The summed E-state index contributed by atoms with van der Waals surface area (Å²) in [5, 5.41) is 17.4. The highest BCUT2D eigenvalue weighted by atomic mass is 79.9. The molecule has 0 aliphatic rings. The Kier molecular flexibility index (Phi) is 5.06. The van der Waals surface area contributed by atoms with E-state index in [-0.39, 0.29) is 0 Å². The highest BCUT2D eigenvalue weighted by Gasteiger charge is 2.19. The van der Waals surface area contributed by atoms with E-state index in [9.17, 15) is 5.11 Å². The Morgan fingerprint density at radius 1 is 1.53 bits per heavy atom. The van der Waals surface area contributed by atoms with Crippen LogP contribution in [0.2, 0.25) is 5.02 Å². The number of rotatable bonds is 5. The van der Waals surface area contributed by atoms with Crippen LogP contribution in [0.25, 0.3) is 0 Å². The average molecular weight is 364 g/mol. The number of aromatic nitrogens is 2. The fourth-order valence-corrected chi connectivity index (χ4v) is 3.58. The van der Waals surface area contributed by atoms with Crippen molar-refractivity contribution in [1.29, 1.82) is 0 Å². The second-order valence-electron chi connectivity index (χ2n) is 4.28. The second kappa shape index (κ2) is 6.39. The van der Waals surface area contributed by atoms with Crippen LogP contribution in [0.3, 0.4) is 0 Å². The van der Waals surface area contributed by atoms with Crippen LogP contribution in [0.15, 0.2) is 15.2 Å². The van der Waals surface area contributed by atoms with E-state index in [1.165, 1.54) is 0 Å². The second-order valence-corrected chi connectivity index (χ2v) is 6.95. The molecule has 0 radical (unpaired) electrons. The largest absolute Gasteiger partial charge is 0.388 e. The highest BCUT2D eigenvalue weighted by molar-refractivity contribution is 9.11. The minimum atomic E-state index is -0.549. The van der Waals surface area contributed by atoms with Crippen molar-refractivity contribution in [3.05, 3.63) is 37.2 Å². The Balaban J connectivity index is 2.25. The maximum Gasteiger partial charge on any atom is 0.0854 e. The summed E-state index contributed by atoms with van der Waals surface area (Å²) in [5.74, 6) is 0. The molecular weight excluding hydrogens is 348 g/mol. The number of aliphatic hydroxyl groups is 1. The predicted molar refractivity (Wildman–Crippen MR) is 83.0 cm³/mol. The van der Waals surface area contributed by atoms with Crippen LogP contribution in [0.4, 0.5) is 0 Å². The molecule has 0 spiro atoms. The van der Waals surface area contributed by atoms with Gasteiger partial charge < -0.3 is 5.11 Å². The normalized spacial score (nSPS) is 12.9. The monoisotopic (exact) mass is 362 g/mol. The summed E-state index contributed by atoms with van der Waals surface area (Å²) in [5.41, 5.74) is 2.72. The number of thiophene rings is 1. The van der Waals surface area contributed by atoms with Gasteiger partial charge in [-0.15, -0.1) is 11.3 Å². The third-order valence-corrected chi connectivity index (χ3v) is 5.01. The zero-order valence-corrected chi connectivity index (χ0v) is 14.0. The van der Waals surface area contributed by atoms with E-state index in [1.54, 1.807) is 11.3 Å². The summed E-state index contributed by atoms with van der Waals surface area (Å²) >= 11 is 11.3. The van der Waals surface area contributed by atoms with Gasteiger partial charge in [-0.3, -0.25) is 4.68 Å². The van der Waals surface area contributed by atoms with E-state index < -0.39 is 6.10 Å². The molecule has 0 saturated heterocycles. The Morgan fingerprint density at radius 3 is 2.79 bits per heavy atom. The SMILES string of the molecule is CCc1nn(CC)c(CC(O)c2csc(Br)c2)c1Cl. The molecule has 1 unspecified atom stereocenters. The first-order chi connectivity index (χ1) is 9.06. The molecule has 0 aromatic carbocycles. The molecule has 2 aromatic heterocycles. The third kappa shape index (κ3) is 3.21. The molecule has 2 heterocycles. The number of aliphatic hydroxyl groups excluding tert-OH is 1. The number of hydrogen-bond acceptors (Lipinski definition) is 3. The van der Waals surface area contributed by atoms with E-state index >= 15 is 0 Å². The van der Waals surface area contributed by atoms with Crippen LogP contribution < -0.4 is 0 Å². The van der Waals surface area contributed by atoms with Crippen molar-refractivity contribution in [3.8, 4) is 0 Å². The molecular formula is C13H16BrClN2OS. The van der Waals surface area contributed by atoms with Crippen LogP contribution in [0.5, 0.6) is 0 Å². The van der Waals surface area contributed by atoms with Crippen molar-refractivity contribution in [1.82, 2.24) is 9.78 Å². The molecule has 6 heteroatoms. The molecule has 0 aliphatic carbocycles. The van der Waals surface area contributed by atoms with Crippen molar-refractivity contribution in [2.45, 2.75) is 39.3 Å². The summed E-state index contributed by atoms with van der Waals surface area (Å²) in [7, 11) is 0. The molecule has 0 bridgehead atoms. The lowest BCUT2D eigenvalue weighted by atomic mass is 10.1. The van der Waals surface area contributed by atoms with Crippen molar-refractivity contribution >= 4 is 38.9 Å². The fourth-order valence-electron chi connectivity index (χ4n) is 2.01. The summed E-state index contributed by atoms with van der Waals surface area (Å²) in [6, 6.07) is 1.94. The number of nitrogens with zero attached hydrogens (tertiary/aromatic N) is 2. The molecule has 0 amide bonds. The molecule has 104 valence electrons. The van der Waals surface area contributed by atoms with E-state index in [2.05, 4.69) is 21.0 Å². The zero-order valence-electron chi connectivity index (χ0n) is 10.9. The Bertz CT molecular complexity index is 567. The standard InChI is InChI=1S/C13H16BrClN2OS/c1-3-9-13(15)10(17(4-2)16-9)6-11(18)8-5-12(14)19-7-8/h5,7,11,18H,3-4,6H2,1-2H3. The van der Waals surface area contributed by atoms with Gasteiger partial charge in [-0.2, -0.15) is 5.10 Å². The van der Waals surface area contributed by atoms with Crippen molar-refractivity contribution in [2.75, 3.05) is 0 Å². The number of halogens is 2. The number of hydrogen-bond donors (Lipinski definition) is 1. The van der Waals surface area contributed by atoms with Gasteiger partial charge in [0.05, 0.1) is 26.3 Å². The van der Waals surface area contributed by atoms with E-state index in [0.29, 0.717) is 11.4 Å². The van der Waals surface area contributed by atoms with E-state index in [4.69, 9.17) is 11.6 Å². The maximum absolute atomic E-state index is 10.3. The summed E-state index contributed by atoms with van der Waals surface area (Å²) in [6.45, 7) is 4.82. The summed E-state index contributed by atoms with van der Waals surface area (Å²) in [6.07, 6.45) is 0.744. The van der Waals surface area contributed by atoms with Gasteiger partial charge in [0.1, 0.15) is 0 Å². The first-order valence-electron chi connectivity index (χ1n) is 6.22. The highest BCUT2D eigenvalue weighted by Crippen LogP contribution is 2.30. The molecule has 19 heavy (non-hydrogen) atoms. The number of aryl methyl sites for hydroxylation is 2. The van der Waals surface area contributed by atoms with Gasteiger partial charge >= 0.3 is 0 Å². The first-order valence-corrected chi connectivity index (χ1v) is 8.27. The van der Waals surface area contributed by atoms with Crippen LogP contribution in [0, 0.1) is 0 Å². The maximum atomic E-state index is 10.3. The van der Waals surface area contributed by atoms with E-state index in [1.807, 2.05) is 30.0 Å². The third-order valence-electron chi connectivity index (χ3n) is 3.05. The van der Waals surface area contributed by atoms with Crippen molar-refractivity contribution in [2.24, 2.45) is 0 Å². The van der Waals surface area contributed by atoms with Gasteiger partial charge in [0, 0.05) is 13.0 Å². The fraction of sp³-hybridized carbons (Fsp3) is 0.462. The van der Waals surface area contributed by atoms with Gasteiger partial charge in [-0.1, -0.05) is 18.5 Å². The Morgan fingerprint density at radius 2 is 2.26 bits per heavy atom. The van der Waals surface area contributed by atoms with Gasteiger partial charge in [0.15, 0.2) is 0 Å². The van der Waals surface area contributed by atoms with E-state index in [0.717, 1.165) is 33.7 Å². The molecule has 1 N–H and O–H groups in total. The van der Waals surface area contributed by atoms with Gasteiger partial charge in [-0.25, -0.2) is 0 Å². The topological polar surface area (TPSA) is 38.0 Å². The molecule has 1 atom stereocenters. The molecule has 2 rings (SSSR count). The molecule has 2 aromatic rings. The first kappa shape index (κ1) is 15.0. The van der Waals surface area contributed by atoms with Gasteiger partial charge in [0.2, 0.25) is 0 Å². The molecule has 0 saturated carbocycles. The zero-order chi connectivity index (χ0) is 14.0. The van der Waals surface area contributed by atoms with Gasteiger partial charge in [0.25, 0.3) is 0 Å². The summed E-state index contributed by atoms with van der Waals surface area (Å²) in [4.78, 5) is 0. The van der Waals surface area contributed by atoms with Crippen molar-refractivity contribution in [3.63, 3.8) is 0 Å². The van der Waals surface area contributed by atoms with Crippen LogP contribution in [-0.4, -0.2) is 14.9 Å². The minimum Gasteiger partial charge on any atom is -0.388 e.